The Morgan fingerprint density at radius 3 is 2.69 bits per heavy atom. The molecule has 0 fully saturated rings. The minimum absolute atomic E-state index is 0.315. The van der Waals surface area contributed by atoms with E-state index in [4.69, 9.17) is 4.74 Å². The smallest absolute Gasteiger partial charge is 0.266 e. The Bertz CT molecular complexity index is 884. The van der Waals surface area contributed by atoms with E-state index in [-0.39, 0.29) is 11.8 Å². The van der Waals surface area contributed by atoms with Crippen molar-refractivity contribution in [3.63, 3.8) is 0 Å². The van der Waals surface area contributed by atoms with Crippen molar-refractivity contribution in [2.75, 3.05) is 10.6 Å². The third-order valence-electron chi connectivity index (χ3n) is 3.39. The van der Waals surface area contributed by atoms with Crippen LogP contribution >= 0.6 is 11.3 Å². The summed E-state index contributed by atoms with van der Waals surface area (Å²) < 4.78 is 5.70. The molecule has 0 aliphatic heterocycles. The van der Waals surface area contributed by atoms with Gasteiger partial charge in [0.2, 0.25) is 0 Å². The van der Waals surface area contributed by atoms with Gasteiger partial charge in [0.05, 0.1) is 17.4 Å². The van der Waals surface area contributed by atoms with Gasteiger partial charge < -0.3 is 10.1 Å². The summed E-state index contributed by atoms with van der Waals surface area (Å²) in [6.07, 6.45) is 3.97. The van der Waals surface area contributed by atoms with Crippen LogP contribution in [0.2, 0.25) is 0 Å². The topological polar surface area (TPSA) is 93.2 Å². The summed E-state index contributed by atoms with van der Waals surface area (Å²) in [5, 5.41) is 7.67. The second-order valence-electron chi connectivity index (χ2n) is 5.28. The van der Waals surface area contributed by atoms with Gasteiger partial charge >= 0.3 is 0 Å². The van der Waals surface area contributed by atoms with Gasteiger partial charge in [-0.25, -0.2) is 4.98 Å². The zero-order chi connectivity index (χ0) is 18.4. The molecular weight excluding hydrogens is 352 g/mol. The van der Waals surface area contributed by atoms with E-state index in [1.54, 1.807) is 67.3 Å². The van der Waals surface area contributed by atoms with Gasteiger partial charge in [-0.3, -0.25) is 19.9 Å². The maximum absolute atomic E-state index is 12.5. The van der Waals surface area contributed by atoms with Crippen LogP contribution in [0.1, 0.15) is 17.3 Å². The van der Waals surface area contributed by atoms with Gasteiger partial charge in [-0.2, -0.15) is 0 Å². The molecule has 2 N–H and O–H groups in total. The fourth-order valence-corrected chi connectivity index (χ4v) is 2.66. The van der Waals surface area contributed by atoms with Gasteiger partial charge in [0.1, 0.15) is 5.75 Å². The van der Waals surface area contributed by atoms with E-state index in [1.165, 1.54) is 11.3 Å². The molecule has 1 unspecified atom stereocenters. The molecule has 3 rings (SSSR count). The molecule has 0 spiro atoms. The molecule has 2 aromatic heterocycles. The Morgan fingerprint density at radius 1 is 1.12 bits per heavy atom. The van der Waals surface area contributed by atoms with Gasteiger partial charge in [0.25, 0.3) is 11.8 Å². The highest BCUT2D eigenvalue weighted by atomic mass is 32.1. The molecule has 0 bridgehead atoms. The number of ether oxygens (including phenoxy) is 1. The molecule has 2 amide bonds. The van der Waals surface area contributed by atoms with Crippen molar-refractivity contribution in [2.24, 2.45) is 0 Å². The Kier molecular flexibility index (Phi) is 5.55. The van der Waals surface area contributed by atoms with Crippen LogP contribution in [0.4, 0.5) is 10.8 Å². The maximum atomic E-state index is 12.5. The lowest BCUT2D eigenvalue weighted by atomic mass is 10.2. The van der Waals surface area contributed by atoms with Crippen molar-refractivity contribution < 1.29 is 14.3 Å². The first-order valence-electron chi connectivity index (χ1n) is 7.81. The lowest BCUT2D eigenvalue weighted by Gasteiger charge is -2.16. The Morgan fingerprint density at radius 2 is 1.96 bits per heavy atom. The zero-order valence-corrected chi connectivity index (χ0v) is 14.7. The van der Waals surface area contributed by atoms with Crippen LogP contribution in [0.5, 0.6) is 5.75 Å². The highest BCUT2D eigenvalue weighted by molar-refractivity contribution is 7.13. The van der Waals surface area contributed by atoms with Crippen LogP contribution < -0.4 is 15.4 Å². The summed E-state index contributed by atoms with van der Waals surface area (Å²) >= 11 is 1.32. The van der Waals surface area contributed by atoms with Crippen molar-refractivity contribution in [3.05, 3.63) is 65.9 Å². The predicted octanol–water partition coefficient (Wildman–Crippen LogP) is 3.20. The quantitative estimate of drug-likeness (QED) is 0.697. The van der Waals surface area contributed by atoms with E-state index < -0.39 is 6.10 Å². The van der Waals surface area contributed by atoms with Gasteiger partial charge in [0.15, 0.2) is 11.2 Å². The number of para-hydroxylation sites is 1. The Balaban J connectivity index is 1.70. The first-order chi connectivity index (χ1) is 12.6. The van der Waals surface area contributed by atoms with Crippen LogP contribution in [-0.2, 0) is 4.79 Å². The fourth-order valence-electron chi connectivity index (χ4n) is 2.13. The monoisotopic (exact) mass is 368 g/mol. The van der Waals surface area contributed by atoms with Crippen molar-refractivity contribution in [2.45, 2.75) is 13.0 Å². The van der Waals surface area contributed by atoms with Crippen LogP contribution in [0.25, 0.3) is 0 Å². The molecule has 0 aliphatic rings. The number of rotatable bonds is 6. The third kappa shape index (κ3) is 4.42. The molecule has 26 heavy (non-hydrogen) atoms. The number of hydrogen-bond acceptors (Lipinski definition) is 6. The molecule has 3 aromatic rings. The van der Waals surface area contributed by atoms with Crippen LogP contribution in [0.15, 0.2) is 60.4 Å². The maximum Gasteiger partial charge on any atom is 0.266 e. The van der Waals surface area contributed by atoms with E-state index in [0.29, 0.717) is 22.1 Å². The summed E-state index contributed by atoms with van der Waals surface area (Å²) in [6, 6.07) is 10.2. The van der Waals surface area contributed by atoms with E-state index in [0.717, 1.165) is 0 Å². The molecule has 2 heterocycles. The van der Waals surface area contributed by atoms with E-state index in [1.807, 2.05) is 0 Å². The summed E-state index contributed by atoms with van der Waals surface area (Å²) in [4.78, 5) is 32.7. The van der Waals surface area contributed by atoms with Crippen molar-refractivity contribution in [1.29, 1.82) is 0 Å². The van der Waals surface area contributed by atoms with Gasteiger partial charge in [-0.1, -0.05) is 12.1 Å². The molecule has 0 saturated carbocycles. The highest BCUT2D eigenvalue weighted by Gasteiger charge is 2.19. The minimum atomic E-state index is -0.800. The minimum Gasteiger partial charge on any atom is -0.480 e. The normalized spacial score (nSPS) is 11.4. The molecule has 132 valence electrons. The van der Waals surface area contributed by atoms with Gasteiger partial charge in [-0.05, 0) is 31.2 Å². The van der Waals surface area contributed by atoms with E-state index in [9.17, 15) is 9.59 Å². The lowest BCUT2D eigenvalue weighted by Crippen LogP contribution is -2.30. The first-order valence-corrected chi connectivity index (χ1v) is 8.69. The van der Waals surface area contributed by atoms with Crippen LogP contribution in [0, 0.1) is 0 Å². The molecule has 0 saturated heterocycles. The number of nitrogens with zero attached hydrogens (tertiary/aromatic N) is 2. The van der Waals surface area contributed by atoms with Crippen LogP contribution in [-0.4, -0.2) is 27.9 Å². The summed E-state index contributed by atoms with van der Waals surface area (Å²) in [5.41, 5.74) is 0.895. The molecule has 7 nitrogen and oxygen atoms in total. The molecular formula is C18H16N4O3S. The average Bonchev–Trinajstić information content (AvgIpc) is 3.16. The van der Waals surface area contributed by atoms with Gasteiger partial charge in [0, 0.05) is 17.8 Å². The third-order valence-corrected chi connectivity index (χ3v) is 4.08. The SMILES string of the molecule is CC(Oc1ccccc1C(=O)Nc1cccnc1)C(=O)Nc1nccs1. The summed E-state index contributed by atoms with van der Waals surface area (Å²) in [6.45, 7) is 1.61. The Labute approximate surface area is 154 Å². The van der Waals surface area contributed by atoms with Crippen molar-refractivity contribution in [3.8, 4) is 5.75 Å². The predicted molar refractivity (Wildman–Crippen MR) is 99.5 cm³/mol. The van der Waals surface area contributed by atoms with E-state index in [2.05, 4.69) is 20.6 Å². The number of carbonyl (C=O) groups excluding carboxylic acids is 2. The molecule has 1 aromatic carbocycles. The van der Waals surface area contributed by atoms with Gasteiger partial charge in [-0.15, -0.1) is 11.3 Å². The number of nitrogens with one attached hydrogen (secondary N) is 2. The number of benzene rings is 1. The number of hydrogen-bond donors (Lipinski definition) is 2. The van der Waals surface area contributed by atoms with Crippen molar-refractivity contribution >= 4 is 34.0 Å². The molecule has 0 aliphatic carbocycles. The van der Waals surface area contributed by atoms with E-state index >= 15 is 0 Å². The number of anilines is 2. The zero-order valence-electron chi connectivity index (χ0n) is 13.9. The molecule has 0 radical (unpaired) electrons. The second-order valence-corrected chi connectivity index (χ2v) is 6.17. The fraction of sp³-hybridized carbons (Fsp3) is 0.111. The lowest BCUT2D eigenvalue weighted by molar-refractivity contribution is -0.122. The second kappa shape index (κ2) is 8.21. The number of aromatic nitrogens is 2. The Hall–Kier alpha value is -3.26. The number of thiazole rings is 1. The first kappa shape index (κ1) is 17.6. The molecule has 1 atom stereocenters. The summed E-state index contributed by atoms with van der Waals surface area (Å²) in [5.74, 6) is -0.376. The summed E-state index contributed by atoms with van der Waals surface area (Å²) in [7, 11) is 0. The molecule has 8 heteroatoms. The number of amides is 2. The van der Waals surface area contributed by atoms with Crippen molar-refractivity contribution in [1.82, 2.24) is 9.97 Å². The average molecular weight is 368 g/mol. The highest BCUT2D eigenvalue weighted by Crippen LogP contribution is 2.21. The largest absolute Gasteiger partial charge is 0.480 e. The van der Waals surface area contributed by atoms with Crippen LogP contribution in [0.3, 0.4) is 0 Å². The number of carbonyl (C=O) groups is 2. The standard InChI is InChI=1S/C18H16N4O3S/c1-12(16(23)22-18-20-9-10-26-18)25-15-7-3-2-6-14(15)17(24)21-13-5-4-8-19-11-13/h2-12H,1H3,(H,21,24)(H,20,22,23). The number of pyridine rings is 1.